The molecule has 2 heterocycles. The monoisotopic (exact) mass is 508 g/mol. The van der Waals surface area contributed by atoms with Crippen LogP contribution in [0.1, 0.15) is 48.4 Å². The number of benzene rings is 1. The average Bonchev–Trinajstić information content (AvgIpc) is 3.54. The predicted octanol–water partition coefficient (Wildman–Crippen LogP) is 4.44. The summed E-state index contributed by atoms with van der Waals surface area (Å²) >= 11 is 5.87. The highest BCUT2D eigenvalue weighted by atomic mass is 35.5. The maximum absolute atomic E-state index is 12.8. The summed E-state index contributed by atoms with van der Waals surface area (Å²) in [6, 6.07) is 5.82. The summed E-state index contributed by atoms with van der Waals surface area (Å²) in [5.41, 5.74) is 0.431. The number of halogens is 4. The minimum Gasteiger partial charge on any atom is -0.406 e. The predicted molar refractivity (Wildman–Crippen MR) is 119 cm³/mol. The Hall–Kier alpha value is -3.67. The number of aromatic nitrogens is 4. The Kier molecular flexibility index (Phi) is 6.92. The van der Waals surface area contributed by atoms with Crippen LogP contribution in [0, 0.1) is 5.92 Å². The van der Waals surface area contributed by atoms with E-state index in [1.807, 2.05) is 0 Å². The SMILES string of the molecule is CC[C@H](NC(=O)c1cc(Cl)cc(OC(F)(F)F)c1)c1ncnn1-c1ccc(NC(=O)C2CC2)cn1. The number of hydrogen-bond acceptors (Lipinski definition) is 6. The number of ether oxygens (including phenoxy) is 1. The van der Waals surface area contributed by atoms with Crippen LogP contribution >= 0.6 is 11.6 Å². The van der Waals surface area contributed by atoms with Crippen molar-refractivity contribution in [1.29, 1.82) is 0 Å². The highest BCUT2D eigenvalue weighted by Crippen LogP contribution is 2.30. The normalized spacial score (nSPS) is 14.3. The lowest BCUT2D eigenvalue weighted by molar-refractivity contribution is -0.274. The number of hydrogen-bond donors (Lipinski definition) is 2. The van der Waals surface area contributed by atoms with Crippen LogP contribution in [0.5, 0.6) is 5.75 Å². The van der Waals surface area contributed by atoms with E-state index in [1.165, 1.54) is 23.3 Å². The van der Waals surface area contributed by atoms with Gasteiger partial charge in [0.15, 0.2) is 11.6 Å². The molecule has 0 bridgehead atoms. The zero-order chi connectivity index (χ0) is 25.2. The first-order chi connectivity index (χ1) is 16.6. The summed E-state index contributed by atoms with van der Waals surface area (Å²) in [7, 11) is 0. The number of pyridine rings is 1. The number of amides is 2. The number of rotatable bonds is 8. The number of alkyl halides is 3. The molecule has 1 aliphatic rings. The van der Waals surface area contributed by atoms with Crippen molar-refractivity contribution in [1.82, 2.24) is 25.1 Å². The molecule has 2 N–H and O–H groups in total. The lowest BCUT2D eigenvalue weighted by Gasteiger charge is -2.18. The second-order valence-electron chi connectivity index (χ2n) is 7.86. The molecule has 35 heavy (non-hydrogen) atoms. The molecule has 2 amide bonds. The second kappa shape index (κ2) is 9.90. The first kappa shape index (κ1) is 24.5. The Balaban J connectivity index is 1.50. The van der Waals surface area contributed by atoms with E-state index in [-0.39, 0.29) is 22.4 Å². The molecule has 1 aliphatic carbocycles. The van der Waals surface area contributed by atoms with Crippen molar-refractivity contribution < 1.29 is 27.5 Å². The molecule has 3 aromatic rings. The fourth-order valence-electron chi connectivity index (χ4n) is 3.32. The molecule has 0 radical (unpaired) electrons. The van der Waals surface area contributed by atoms with Crippen LogP contribution in [-0.4, -0.2) is 37.9 Å². The zero-order valence-corrected chi connectivity index (χ0v) is 19.1. The molecule has 0 saturated heterocycles. The number of nitrogens with zero attached hydrogens (tertiary/aromatic N) is 4. The summed E-state index contributed by atoms with van der Waals surface area (Å²) in [5.74, 6) is -0.507. The van der Waals surface area contributed by atoms with Crippen molar-refractivity contribution in [2.75, 3.05) is 5.32 Å². The summed E-state index contributed by atoms with van der Waals surface area (Å²) in [6.07, 6.45) is 0.0276. The Bertz CT molecular complexity index is 1230. The molecule has 4 rings (SSSR count). The van der Waals surface area contributed by atoms with Crippen molar-refractivity contribution in [2.45, 2.75) is 38.6 Å². The van der Waals surface area contributed by atoms with Crippen molar-refractivity contribution >= 4 is 29.1 Å². The van der Waals surface area contributed by atoms with Gasteiger partial charge in [-0.2, -0.15) is 9.78 Å². The Morgan fingerprint density at radius 3 is 2.63 bits per heavy atom. The smallest absolute Gasteiger partial charge is 0.406 e. The fourth-order valence-corrected chi connectivity index (χ4v) is 3.54. The van der Waals surface area contributed by atoms with Gasteiger partial charge in [0.1, 0.15) is 12.1 Å². The molecule has 0 spiro atoms. The third kappa shape index (κ3) is 6.27. The van der Waals surface area contributed by atoms with Gasteiger partial charge in [0.25, 0.3) is 5.91 Å². The summed E-state index contributed by atoms with van der Waals surface area (Å²) in [4.78, 5) is 33.3. The van der Waals surface area contributed by atoms with Crippen molar-refractivity contribution in [3.63, 3.8) is 0 Å². The van der Waals surface area contributed by atoms with Crippen molar-refractivity contribution in [2.24, 2.45) is 5.92 Å². The molecule has 2 aromatic heterocycles. The van der Waals surface area contributed by atoms with E-state index < -0.39 is 24.1 Å². The molecule has 0 unspecified atom stereocenters. The van der Waals surface area contributed by atoms with E-state index >= 15 is 0 Å². The molecule has 1 aromatic carbocycles. The van der Waals surface area contributed by atoms with Gasteiger partial charge in [-0.25, -0.2) is 9.97 Å². The molecule has 1 fully saturated rings. The number of carbonyl (C=O) groups is 2. The van der Waals surface area contributed by atoms with Gasteiger partial charge in [-0.05, 0) is 49.6 Å². The fraction of sp³-hybridized carbons (Fsp3) is 0.318. The van der Waals surface area contributed by atoms with Gasteiger partial charge in [-0.3, -0.25) is 9.59 Å². The Morgan fingerprint density at radius 1 is 1.23 bits per heavy atom. The number of nitrogens with one attached hydrogen (secondary N) is 2. The lowest BCUT2D eigenvalue weighted by atomic mass is 10.1. The van der Waals surface area contributed by atoms with E-state index in [2.05, 4.69) is 30.4 Å². The Labute approximate surface area is 202 Å². The third-order valence-corrected chi connectivity index (χ3v) is 5.37. The zero-order valence-electron chi connectivity index (χ0n) is 18.3. The van der Waals surface area contributed by atoms with E-state index in [0.717, 1.165) is 25.0 Å². The van der Waals surface area contributed by atoms with Gasteiger partial charge in [0.05, 0.1) is 17.9 Å². The summed E-state index contributed by atoms with van der Waals surface area (Å²) in [6.45, 7) is 1.80. The van der Waals surface area contributed by atoms with Crippen LogP contribution in [0.25, 0.3) is 5.82 Å². The van der Waals surface area contributed by atoms with Gasteiger partial charge in [0.2, 0.25) is 5.91 Å². The molecule has 1 saturated carbocycles. The van der Waals surface area contributed by atoms with Gasteiger partial charge < -0.3 is 15.4 Å². The minimum absolute atomic E-state index is 0.0421. The van der Waals surface area contributed by atoms with Crippen LogP contribution in [0.3, 0.4) is 0 Å². The third-order valence-electron chi connectivity index (χ3n) is 5.15. The summed E-state index contributed by atoms with van der Waals surface area (Å²) < 4.78 is 43.0. The highest BCUT2D eigenvalue weighted by molar-refractivity contribution is 6.31. The maximum Gasteiger partial charge on any atom is 0.573 e. The number of carbonyl (C=O) groups excluding carboxylic acids is 2. The maximum atomic E-state index is 12.8. The van der Waals surface area contributed by atoms with E-state index in [1.54, 1.807) is 19.1 Å². The standard InChI is InChI=1S/C22H20ClF3N6O3/c1-2-17(31-21(34)13-7-14(23)9-16(8-13)35-22(24,25)26)19-28-11-29-32(19)18-6-5-15(10-27-18)30-20(33)12-3-4-12/h5-12,17H,2-4H2,1H3,(H,30,33)(H,31,34)/t17-/m0/s1. The van der Waals surface area contributed by atoms with Gasteiger partial charge in [-0.1, -0.05) is 18.5 Å². The van der Waals surface area contributed by atoms with Crippen LogP contribution < -0.4 is 15.4 Å². The first-order valence-corrected chi connectivity index (χ1v) is 11.0. The van der Waals surface area contributed by atoms with Gasteiger partial charge >= 0.3 is 6.36 Å². The summed E-state index contributed by atoms with van der Waals surface area (Å²) in [5, 5.41) is 9.60. The minimum atomic E-state index is -4.93. The first-order valence-electron chi connectivity index (χ1n) is 10.7. The Morgan fingerprint density at radius 2 is 2.00 bits per heavy atom. The number of anilines is 1. The molecule has 13 heteroatoms. The van der Waals surface area contributed by atoms with Gasteiger partial charge in [-0.15, -0.1) is 13.2 Å². The van der Waals surface area contributed by atoms with E-state index in [4.69, 9.17) is 11.6 Å². The molecule has 0 aliphatic heterocycles. The van der Waals surface area contributed by atoms with Crippen molar-refractivity contribution in [3.8, 4) is 11.6 Å². The van der Waals surface area contributed by atoms with Gasteiger partial charge in [0, 0.05) is 16.5 Å². The molecular weight excluding hydrogens is 489 g/mol. The highest BCUT2D eigenvalue weighted by Gasteiger charge is 2.32. The van der Waals surface area contributed by atoms with Crippen LogP contribution in [-0.2, 0) is 4.79 Å². The largest absolute Gasteiger partial charge is 0.573 e. The van der Waals surface area contributed by atoms with Crippen LogP contribution in [0.15, 0.2) is 42.9 Å². The molecule has 9 nitrogen and oxygen atoms in total. The second-order valence-corrected chi connectivity index (χ2v) is 8.29. The van der Waals surface area contributed by atoms with Crippen molar-refractivity contribution in [3.05, 3.63) is 59.3 Å². The quantitative estimate of drug-likeness (QED) is 0.465. The van der Waals surface area contributed by atoms with Crippen LogP contribution in [0.2, 0.25) is 5.02 Å². The molecule has 184 valence electrons. The van der Waals surface area contributed by atoms with E-state index in [9.17, 15) is 22.8 Å². The van der Waals surface area contributed by atoms with E-state index in [0.29, 0.717) is 23.8 Å². The lowest BCUT2D eigenvalue weighted by Crippen LogP contribution is -2.30. The topological polar surface area (TPSA) is 111 Å². The molecule has 1 atom stereocenters. The van der Waals surface area contributed by atoms with Crippen LogP contribution in [0.4, 0.5) is 18.9 Å². The average molecular weight is 509 g/mol. The molecular formula is C22H20ClF3N6O3.